The van der Waals surface area contributed by atoms with Crippen LogP contribution in [0.25, 0.3) is 0 Å². The first-order valence-electron chi connectivity index (χ1n) is 5.28. The normalized spacial score (nSPS) is 17.9. The van der Waals surface area contributed by atoms with Crippen molar-refractivity contribution in [2.24, 2.45) is 0 Å². The van der Waals surface area contributed by atoms with Gasteiger partial charge in [0.25, 0.3) is 0 Å². The van der Waals surface area contributed by atoms with Crippen LogP contribution in [0.4, 0.5) is 0 Å². The number of benzene rings is 1. The third-order valence-corrected chi connectivity index (χ3v) is 5.37. The molecule has 16 heavy (non-hydrogen) atoms. The van der Waals surface area contributed by atoms with Gasteiger partial charge in [-0.15, -0.1) is 0 Å². The van der Waals surface area contributed by atoms with Gasteiger partial charge >= 0.3 is 0 Å². The first-order valence-corrected chi connectivity index (χ1v) is 7.51. The van der Waals surface area contributed by atoms with Crippen LogP contribution in [0.5, 0.6) is 0 Å². The van der Waals surface area contributed by atoms with Crippen molar-refractivity contribution in [3.63, 3.8) is 0 Å². The van der Waals surface area contributed by atoms with Crippen LogP contribution in [0.1, 0.15) is 18.4 Å². The van der Waals surface area contributed by atoms with Crippen LogP contribution in [0, 0.1) is 6.92 Å². The highest BCUT2D eigenvalue weighted by Crippen LogP contribution is 2.25. The van der Waals surface area contributed by atoms with E-state index in [1.165, 1.54) is 0 Å². The maximum Gasteiger partial charge on any atom is 0.243 e. The van der Waals surface area contributed by atoms with E-state index in [1.54, 1.807) is 16.4 Å². The molecule has 0 aromatic heterocycles. The van der Waals surface area contributed by atoms with Gasteiger partial charge in [0.05, 0.1) is 4.90 Å². The molecule has 0 atom stereocenters. The van der Waals surface area contributed by atoms with Crippen molar-refractivity contribution in [1.82, 2.24) is 4.31 Å². The van der Waals surface area contributed by atoms with E-state index in [-0.39, 0.29) is 0 Å². The van der Waals surface area contributed by atoms with Crippen molar-refractivity contribution in [1.29, 1.82) is 0 Å². The van der Waals surface area contributed by atoms with Gasteiger partial charge in [-0.05, 0) is 43.5 Å². The Morgan fingerprint density at radius 3 is 2.44 bits per heavy atom. The third kappa shape index (κ3) is 2.17. The van der Waals surface area contributed by atoms with Gasteiger partial charge in [-0.1, -0.05) is 15.9 Å². The molecule has 3 nitrogen and oxygen atoms in total. The van der Waals surface area contributed by atoms with Crippen LogP contribution in [-0.2, 0) is 10.0 Å². The fourth-order valence-corrected chi connectivity index (χ4v) is 4.17. The average molecular weight is 304 g/mol. The lowest BCUT2D eigenvalue weighted by Gasteiger charge is -2.17. The Kier molecular flexibility index (Phi) is 3.37. The Hall–Kier alpha value is -0.390. The molecule has 0 radical (unpaired) electrons. The molecule has 1 aliphatic rings. The summed E-state index contributed by atoms with van der Waals surface area (Å²) in [4.78, 5) is 0.428. The second kappa shape index (κ2) is 4.47. The quantitative estimate of drug-likeness (QED) is 0.842. The minimum absolute atomic E-state index is 0.428. The highest BCUT2D eigenvalue weighted by atomic mass is 79.9. The molecule has 0 N–H and O–H groups in total. The number of hydrogen-bond donors (Lipinski definition) is 0. The van der Waals surface area contributed by atoms with E-state index in [4.69, 9.17) is 0 Å². The van der Waals surface area contributed by atoms with Gasteiger partial charge in [-0.3, -0.25) is 0 Å². The van der Waals surface area contributed by atoms with Gasteiger partial charge in [0.1, 0.15) is 0 Å². The van der Waals surface area contributed by atoms with E-state index in [2.05, 4.69) is 15.9 Å². The van der Waals surface area contributed by atoms with Crippen LogP contribution in [-0.4, -0.2) is 25.8 Å². The molecule has 1 heterocycles. The summed E-state index contributed by atoms with van der Waals surface area (Å²) in [5.41, 5.74) is 0.793. The van der Waals surface area contributed by atoms with E-state index in [0.29, 0.717) is 18.0 Å². The largest absolute Gasteiger partial charge is 0.243 e. The summed E-state index contributed by atoms with van der Waals surface area (Å²) in [7, 11) is -3.27. The van der Waals surface area contributed by atoms with Crippen molar-refractivity contribution in [2.45, 2.75) is 24.7 Å². The van der Waals surface area contributed by atoms with Crippen LogP contribution in [0.3, 0.4) is 0 Å². The summed E-state index contributed by atoms with van der Waals surface area (Å²) in [6.07, 6.45) is 1.93. The second-order valence-electron chi connectivity index (χ2n) is 4.02. The Labute approximate surface area is 105 Å². The lowest BCUT2D eigenvalue weighted by Crippen LogP contribution is -2.28. The van der Waals surface area contributed by atoms with Crippen molar-refractivity contribution in [3.8, 4) is 0 Å². The van der Waals surface area contributed by atoms with E-state index >= 15 is 0 Å². The number of aryl methyl sites for hydroxylation is 1. The zero-order chi connectivity index (χ0) is 11.8. The summed E-state index contributed by atoms with van der Waals surface area (Å²) in [5.74, 6) is 0. The molecule has 1 aromatic carbocycles. The molecule has 2 rings (SSSR count). The first-order chi connectivity index (χ1) is 7.51. The maximum atomic E-state index is 12.3. The molecule has 1 saturated heterocycles. The number of hydrogen-bond acceptors (Lipinski definition) is 2. The molecule has 1 aliphatic heterocycles. The molecule has 1 aromatic rings. The van der Waals surface area contributed by atoms with Crippen LogP contribution < -0.4 is 0 Å². The minimum Gasteiger partial charge on any atom is -0.207 e. The molecule has 0 amide bonds. The molecule has 0 bridgehead atoms. The SMILES string of the molecule is Cc1cc(Br)ccc1S(=O)(=O)N1CCCC1. The fraction of sp³-hybridized carbons (Fsp3) is 0.455. The highest BCUT2D eigenvalue weighted by Gasteiger charge is 2.28. The topological polar surface area (TPSA) is 37.4 Å². The van der Waals surface area contributed by atoms with Crippen LogP contribution in [0.2, 0.25) is 0 Å². The zero-order valence-corrected chi connectivity index (χ0v) is 11.5. The highest BCUT2D eigenvalue weighted by molar-refractivity contribution is 9.10. The van der Waals surface area contributed by atoms with Gasteiger partial charge < -0.3 is 0 Å². The molecule has 1 fully saturated rings. The van der Waals surface area contributed by atoms with Gasteiger partial charge in [0, 0.05) is 17.6 Å². The minimum atomic E-state index is -3.27. The van der Waals surface area contributed by atoms with Crippen molar-refractivity contribution < 1.29 is 8.42 Å². The Morgan fingerprint density at radius 1 is 1.25 bits per heavy atom. The van der Waals surface area contributed by atoms with Gasteiger partial charge in [0.2, 0.25) is 10.0 Å². The monoisotopic (exact) mass is 303 g/mol. The van der Waals surface area contributed by atoms with Crippen molar-refractivity contribution in [2.75, 3.05) is 13.1 Å². The van der Waals surface area contributed by atoms with Crippen LogP contribution >= 0.6 is 15.9 Å². The lowest BCUT2D eigenvalue weighted by molar-refractivity contribution is 0.477. The van der Waals surface area contributed by atoms with E-state index in [9.17, 15) is 8.42 Å². The van der Waals surface area contributed by atoms with E-state index < -0.39 is 10.0 Å². The number of rotatable bonds is 2. The van der Waals surface area contributed by atoms with Crippen molar-refractivity contribution >= 4 is 26.0 Å². The third-order valence-electron chi connectivity index (χ3n) is 2.82. The molecule has 0 aliphatic carbocycles. The summed E-state index contributed by atoms with van der Waals surface area (Å²) in [6, 6.07) is 5.28. The van der Waals surface area contributed by atoms with E-state index in [0.717, 1.165) is 22.9 Å². The lowest BCUT2D eigenvalue weighted by atomic mass is 10.2. The predicted octanol–water partition coefficient (Wildman–Crippen LogP) is 2.54. The summed E-state index contributed by atoms with van der Waals surface area (Å²) in [5, 5.41) is 0. The Morgan fingerprint density at radius 2 is 1.88 bits per heavy atom. The number of halogens is 1. The van der Waals surface area contributed by atoms with Crippen LogP contribution in [0.15, 0.2) is 27.6 Å². The molecule has 0 spiro atoms. The summed E-state index contributed by atoms with van der Waals surface area (Å²) < 4.78 is 27.0. The first kappa shape index (κ1) is 12.1. The van der Waals surface area contributed by atoms with Gasteiger partial charge in [-0.25, -0.2) is 8.42 Å². The summed E-state index contributed by atoms with van der Waals surface area (Å²) in [6.45, 7) is 3.13. The fourth-order valence-electron chi connectivity index (χ4n) is 1.97. The van der Waals surface area contributed by atoms with Crippen molar-refractivity contribution in [3.05, 3.63) is 28.2 Å². The second-order valence-corrected chi connectivity index (χ2v) is 6.84. The molecule has 5 heteroatoms. The van der Waals surface area contributed by atoms with Gasteiger partial charge in [0.15, 0.2) is 0 Å². The number of nitrogens with zero attached hydrogens (tertiary/aromatic N) is 1. The zero-order valence-electron chi connectivity index (χ0n) is 9.11. The average Bonchev–Trinajstić information content (AvgIpc) is 2.69. The summed E-state index contributed by atoms with van der Waals surface area (Å²) >= 11 is 3.34. The molecule has 0 unspecified atom stereocenters. The van der Waals surface area contributed by atoms with Gasteiger partial charge in [-0.2, -0.15) is 4.31 Å². The molecule has 0 saturated carbocycles. The standard InChI is InChI=1S/C11H14BrNO2S/c1-9-8-10(12)4-5-11(9)16(14,15)13-6-2-3-7-13/h4-5,8H,2-3,6-7H2,1H3. The molecular formula is C11H14BrNO2S. The predicted molar refractivity (Wildman–Crippen MR) is 66.9 cm³/mol. The molecular weight excluding hydrogens is 290 g/mol. The number of sulfonamides is 1. The smallest absolute Gasteiger partial charge is 0.207 e. The molecule has 88 valence electrons. The Balaban J connectivity index is 2.42. The Bertz CT molecular complexity index is 493. The van der Waals surface area contributed by atoms with E-state index in [1.807, 2.05) is 13.0 Å². The maximum absolute atomic E-state index is 12.3.